The molecule has 170 valence electrons. The molecule has 5 heteroatoms. The van der Waals surface area contributed by atoms with Gasteiger partial charge in [0.15, 0.2) is 0 Å². The minimum atomic E-state index is -4.32. The van der Waals surface area contributed by atoms with Crippen LogP contribution in [0.3, 0.4) is 0 Å². The molecule has 33 heavy (non-hydrogen) atoms. The van der Waals surface area contributed by atoms with Crippen LogP contribution >= 0.6 is 0 Å². The van der Waals surface area contributed by atoms with Crippen LogP contribution in [0.15, 0.2) is 97.2 Å². The molecule has 5 aromatic rings. The summed E-state index contributed by atoms with van der Waals surface area (Å²) >= 11 is 0. The number of alkyl halides is 3. The average molecular weight is 449 g/mol. The van der Waals surface area contributed by atoms with Gasteiger partial charge in [0, 0.05) is 23.3 Å². The third-order valence-corrected chi connectivity index (χ3v) is 5.17. The molecule has 2 N–H and O–H groups in total. The number of halogens is 3. The highest BCUT2D eigenvalue weighted by atomic mass is 19.4. The Bertz CT molecular complexity index is 1280. The van der Waals surface area contributed by atoms with Gasteiger partial charge >= 0.3 is 6.18 Å². The lowest BCUT2D eigenvalue weighted by atomic mass is 10.0. The van der Waals surface area contributed by atoms with Gasteiger partial charge in [0.05, 0.1) is 5.56 Å². The van der Waals surface area contributed by atoms with Gasteiger partial charge in [-0.3, -0.25) is 0 Å². The molecule has 5 rings (SSSR count). The van der Waals surface area contributed by atoms with E-state index in [2.05, 4.69) is 60.7 Å². The lowest BCUT2D eigenvalue weighted by Crippen LogP contribution is -2.03. The Hall–Kier alpha value is -3.73. The number of nitrogens with zero attached hydrogens (tertiary/aromatic N) is 1. The molecule has 0 spiro atoms. The summed E-state index contributed by atoms with van der Waals surface area (Å²) in [5.41, 5.74) is 6.65. The van der Waals surface area contributed by atoms with Crippen molar-refractivity contribution < 1.29 is 13.2 Å². The van der Waals surface area contributed by atoms with E-state index in [1.165, 1.54) is 26.1 Å². The fraction of sp³-hybridized carbons (Fsp3) is 0.143. The fourth-order valence-corrected chi connectivity index (χ4v) is 3.60. The molecule has 4 aromatic carbocycles. The van der Waals surface area contributed by atoms with Crippen molar-refractivity contribution in [3.8, 4) is 5.69 Å². The second-order valence-electron chi connectivity index (χ2n) is 7.34. The predicted molar refractivity (Wildman–Crippen MR) is 133 cm³/mol. The van der Waals surface area contributed by atoms with Crippen molar-refractivity contribution in [3.05, 3.63) is 108 Å². The third kappa shape index (κ3) is 5.55. The van der Waals surface area contributed by atoms with Gasteiger partial charge in [-0.25, -0.2) is 0 Å². The zero-order valence-electron chi connectivity index (χ0n) is 18.9. The first-order valence-electron chi connectivity index (χ1n) is 10.8. The maximum absolute atomic E-state index is 12.5. The first-order valence-corrected chi connectivity index (χ1v) is 10.8. The molecule has 0 unspecified atom stereocenters. The molecular weight excluding hydrogens is 421 g/mol. The van der Waals surface area contributed by atoms with Gasteiger partial charge in [0.2, 0.25) is 0 Å². The second-order valence-corrected chi connectivity index (χ2v) is 7.34. The van der Waals surface area contributed by atoms with E-state index in [0.717, 1.165) is 12.3 Å². The van der Waals surface area contributed by atoms with Crippen molar-refractivity contribution in [1.29, 1.82) is 0 Å². The van der Waals surface area contributed by atoms with E-state index < -0.39 is 11.7 Å². The van der Waals surface area contributed by atoms with Gasteiger partial charge < -0.3 is 10.3 Å². The molecule has 2 nitrogen and oxygen atoms in total. The summed E-state index contributed by atoms with van der Waals surface area (Å²) < 4.78 is 39.1. The molecule has 0 aliphatic carbocycles. The van der Waals surface area contributed by atoms with E-state index >= 15 is 0 Å². The molecule has 1 heterocycles. The van der Waals surface area contributed by atoms with Crippen LogP contribution in [0.5, 0.6) is 0 Å². The number of benzene rings is 4. The molecule has 0 aliphatic rings. The molecule has 0 fully saturated rings. The Morgan fingerprint density at radius 2 is 1.18 bits per heavy atom. The van der Waals surface area contributed by atoms with Crippen LogP contribution in [-0.4, -0.2) is 4.57 Å². The zero-order chi connectivity index (χ0) is 24.0. The SMILES string of the molecule is CC.Cc1cc(C(F)(F)F)cn1-c1ccc(N)cc1.c1ccc2c(c1)ccc1ccccc12. The molecule has 0 radical (unpaired) electrons. The normalized spacial score (nSPS) is 10.8. The summed E-state index contributed by atoms with van der Waals surface area (Å²) in [5.74, 6) is 0. The fourth-order valence-electron chi connectivity index (χ4n) is 3.60. The van der Waals surface area contributed by atoms with Gasteiger partial charge in [-0.15, -0.1) is 0 Å². The van der Waals surface area contributed by atoms with Crippen LogP contribution in [0.2, 0.25) is 0 Å². The Labute approximate surface area is 192 Å². The highest BCUT2D eigenvalue weighted by Gasteiger charge is 2.32. The third-order valence-electron chi connectivity index (χ3n) is 5.17. The molecule has 0 aliphatic heterocycles. The number of aromatic nitrogens is 1. The van der Waals surface area contributed by atoms with Crippen LogP contribution in [0.1, 0.15) is 25.1 Å². The summed E-state index contributed by atoms with van der Waals surface area (Å²) in [6, 6.07) is 29.2. The largest absolute Gasteiger partial charge is 0.417 e. The number of hydrogen-bond donors (Lipinski definition) is 1. The Balaban J connectivity index is 0.000000175. The van der Waals surface area contributed by atoms with Gasteiger partial charge in [0.25, 0.3) is 0 Å². The van der Waals surface area contributed by atoms with Crippen LogP contribution in [0.25, 0.3) is 27.2 Å². The predicted octanol–water partition coefficient (Wildman–Crippen LogP) is 8.41. The van der Waals surface area contributed by atoms with E-state index in [-0.39, 0.29) is 0 Å². The average Bonchev–Trinajstić information content (AvgIpc) is 3.23. The van der Waals surface area contributed by atoms with Gasteiger partial charge in [0.1, 0.15) is 0 Å². The second kappa shape index (κ2) is 10.3. The Morgan fingerprint density at radius 3 is 1.64 bits per heavy atom. The summed E-state index contributed by atoms with van der Waals surface area (Å²) in [7, 11) is 0. The van der Waals surface area contributed by atoms with E-state index in [4.69, 9.17) is 5.73 Å². The van der Waals surface area contributed by atoms with Crippen LogP contribution < -0.4 is 5.73 Å². The number of hydrogen-bond acceptors (Lipinski definition) is 1. The first kappa shape index (κ1) is 23.9. The summed E-state index contributed by atoms with van der Waals surface area (Å²) in [5, 5.41) is 5.30. The minimum Gasteiger partial charge on any atom is -0.399 e. The van der Waals surface area contributed by atoms with Crippen LogP contribution in [0.4, 0.5) is 18.9 Å². The number of fused-ring (bicyclic) bond motifs is 3. The summed E-state index contributed by atoms with van der Waals surface area (Å²) in [6.45, 7) is 5.63. The molecule has 0 saturated heterocycles. The smallest absolute Gasteiger partial charge is 0.399 e. The first-order chi connectivity index (χ1) is 15.8. The van der Waals surface area contributed by atoms with Crippen LogP contribution in [-0.2, 0) is 6.18 Å². The summed E-state index contributed by atoms with van der Waals surface area (Å²) in [6.07, 6.45) is -3.23. The topological polar surface area (TPSA) is 30.9 Å². The number of nitrogens with two attached hydrogens (primary N) is 1. The quantitative estimate of drug-likeness (QED) is 0.202. The van der Waals surface area contributed by atoms with Gasteiger partial charge in [-0.1, -0.05) is 74.5 Å². The maximum Gasteiger partial charge on any atom is 0.417 e. The standard InChI is InChI=1S/C14H10.C12H11F3N2.C2H6/c1-3-7-13-11(5-1)9-10-12-6-2-4-8-14(12)13;1-8-6-9(12(13,14)15)7-17(8)11-4-2-10(16)3-5-11;1-2/h1-10H;2-7H,16H2,1H3;1-2H3. The lowest BCUT2D eigenvalue weighted by molar-refractivity contribution is -0.137. The minimum absolute atomic E-state index is 0.530. The van der Waals surface area contributed by atoms with Crippen LogP contribution in [0, 0.1) is 6.92 Å². The highest BCUT2D eigenvalue weighted by Crippen LogP contribution is 2.31. The number of aryl methyl sites for hydroxylation is 1. The van der Waals surface area contributed by atoms with Gasteiger partial charge in [-0.2, -0.15) is 13.2 Å². The van der Waals surface area contributed by atoms with Crippen molar-refractivity contribution in [2.45, 2.75) is 26.9 Å². The van der Waals surface area contributed by atoms with Crippen molar-refractivity contribution in [2.24, 2.45) is 0 Å². The van der Waals surface area contributed by atoms with E-state index in [1.807, 2.05) is 13.8 Å². The maximum atomic E-state index is 12.5. The monoisotopic (exact) mass is 448 g/mol. The number of nitrogen functional groups attached to an aromatic ring is 1. The Kier molecular flexibility index (Phi) is 7.44. The highest BCUT2D eigenvalue weighted by molar-refractivity contribution is 6.07. The van der Waals surface area contributed by atoms with Crippen molar-refractivity contribution in [2.75, 3.05) is 5.73 Å². The molecule has 0 atom stereocenters. The van der Waals surface area contributed by atoms with E-state index in [9.17, 15) is 13.2 Å². The van der Waals surface area contributed by atoms with Crippen molar-refractivity contribution in [3.63, 3.8) is 0 Å². The summed E-state index contributed by atoms with van der Waals surface area (Å²) in [4.78, 5) is 0. The molecule has 0 amide bonds. The van der Waals surface area contributed by atoms with Gasteiger partial charge in [-0.05, 0) is 58.8 Å². The number of anilines is 1. The molecule has 0 bridgehead atoms. The van der Waals surface area contributed by atoms with Crippen molar-refractivity contribution >= 4 is 27.2 Å². The van der Waals surface area contributed by atoms with E-state index in [1.54, 1.807) is 31.2 Å². The van der Waals surface area contributed by atoms with E-state index in [0.29, 0.717) is 17.1 Å². The lowest BCUT2D eigenvalue weighted by Gasteiger charge is -2.06. The molecule has 0 saturated carbocycles. The molecular formula is C28H27F3N2. The Morgan fingerprint density at radius 1 is 0.697 bits per heavy atom. The van der Waals surface area contributed by atoms with Crippen molar-refractivity contribution in [1.82, 2.24) is 4.57 Å². The molecule has 1 aromatic heterocycles. The number of rotatable bonds is 1. The zero-order valence-corrected chi connectivity index (χ0v) is 18.9.